The van der Waals surface area contributed by atoms with Crippen LogP contribution in [0.4, 0.5) is 0 Å². The third kappa shape index (κ3) is 2.52. The van der Waals surface area contributed by atoms with Crippen LogP contribution in [0.5, 0.6) is 0 Å². The second-order valence-corrected chi connectivity index (χ2v) is 11.3. The summed E-state index contributed by atoms with van der Waals surface area (Å²) in [7, 11) is 0. The van der Waals surface area contributed by atoms with Crippen LogP contribution in [-0.2, 0) is 9.47 Å². The summed E-state index contributed by atoms with van der Waals surface area (Å²) in [5, 5.41) is 0. The molecule has 0 N–H and O–H groups in total. The molecule has 98 valence electrons. The van der Waals surface area contributed by atoms with Gasteiger partial charge in [-0.3, -0.25) is 0 Å². The highest BCUT2D eigenvalue weighted by Crippen LogP contribution is 2.65. The van der Waals surface area contributed by atoms with Crippen LogP contribution in [0.15, 0.2) is 16.9 Å². The molecular formula is C10H10O2S6. The topological polar surface area (TPSA) is 18.5 Å². The van der Waals surface area contributed by atoms with Gasteiger partial charge in [0.15, 0.2) is 0 Å². The third-order valence-electron chi connectivity index (χ3n) is 2.57. The maximum Gasteiger partial charge on any atom is 0.144 e. The van der Waals surface area contributed by atoms with Crippen molar-refractivity contribution in [1.82, 2.24) is 0 Å². The summed E-state index contributed by atoms with van der Waals surface area (Å²) in [4.78, 5) is 0. The van der Waals surface area contributed by atoms with Crippen LogP contribution in [0.3, 0.4) is 0 Å². The number of fused-ring (bicyclic) bond motifs is 1. The predicted octanol–water partition coefficient (Wildman–Crippen LogP) is 4.38. The predicted molar refractivity (Wildman–Crippen MR) is 88.8 cm³/mol. The highest BCUT2D eigenvalue weighted by atomic mass is 32.3. The van der Waals surface area contributed by atoms with E-state index in [4.69, 9.17) is 9.47 Å². The number of hydrogen-bond donors (Lipinski definition) is 0. The van der Waals surface area contributed by atoms with E-state index in [1.54, 1.807) is 0 Å². The number of thioether (sulfide) groups is 6. The Morgan fingerprint density at radius 1 is 0.722 bits per heavy atom. The zero-order valence-electron chi connectivity index (χ0n) is 9.25. The van der Waals surface area contributed by atoms with Gasteiger partial charge in [-0.05, 0) is 0 Å². The van der Waals surface area contributed by atoms with Gasteiger partial charge in [0.25, 0.3) is 0 Å². The SMILES string of the molecule is C1COC2SC3=C(SC(=C4SCCS4)S3)SC2O1. The van der Waals surface area contributed by atoms with Gasteiger partial charge in [-0.25, -0.2) is 0 Å². The van der Waals surface area contributed by atoms with E-state index in [0.717, 1.165) is 13.2 Å². The molecule has 0 saturated carbocycles. The Morgan fingerprint density at radius 3 is 1.83 bits per heavy atom. The second-order valence-electron chi connectivity index (χ2n) is 3.76. The lowest BCUT2D eigenvalue weighted by atomic mass is 10.6. The van der Waals surface area contributed by atoms with Gasteiger partial charge in [-0.1, -0.05) is 47.0 Å². The van der Waals surface area contributed by atoms with E-state index >= 15 is 0 Å². The lowest BCUT2D eigenvalue weighted by Crippen LogP contribution is -2.35. The molecule has 2 saturated heterocycles. The summed E-state index contributed by atoms with van der Waals surface area (Å²) in [6.45, 7) is 1.46. The van der Waals surface area contributed by atoms with Crippen LogP contribution in [-0.4, -0.2) is 35.6 Å². The smallest absolute Gasteiger partial charge is 0.144 e. The average Bonchev–Trinajstić information content (AvgIpc) is 3.04. The standard InChI is InChI=1S/C10H10O2S6/c1-2-12-6-5(11-1)15-9-10(16-6)18-8(17-9)7-13-3-4-14-7/h5-6H,1-4H2. The van der Waals surface area contributed by atoms with Crippen molar-refractivity contribution in [2.45, 2.75) is 10.9 Å². The van der Waals surface area contributed by atoms with Gasteiger partial charge in [0.1, 0.15) is 10.9 Å². The molecule has 2 unspecified atom stereocenters. The quantitative estimate of drug-likeness (QED) is 0.630. The van der Waals surface area contributed by atoms with Gasteiger partial charge < -0.3 is 9.47 Å². The first kappa shape index (κ1) is 13.2. The van der Waals surface area contributed by atoms with E-state index in [1.165, 1.54) is 28.5 Å². The van der Waals surface area contributed by atoms with Crippen molar-refractivity contribution in [2.24, 2.45) is 0 Å². The largest absolute Gasteiger partial charge is 0.361 e. The average molecular weight is 355 g/mol. The van der Waals surface area contributed by atoms with E-state index < -0.39 is 0 Å². The summed E-state index contributed by atoms with van der Waals surface area (Å²) < 4.78 is 17.4. The molecule has 0 bridgehead atoms. The van der Waals surface area contributed by atoms with Crippen molar-refractivity contribution in [3.8, 4) is 0 Å². The van der Waals surface area contributed by atoms with Gasteiger partial charge in [0, 0.05) is 11.5 Å². The molecule has 0 aromatic heterocycles. The van der Waals surface area contributed by atoms with E-state index in [0.29, 0.717) is 0 Å². The van der Waals surface area contributed by atoms with Crippen LogP contribution >= 0.6 is 70.6 Å². The van der Waals surface area contributed by atoms with Gasteiger partial charge in [-0.15, -0.1) is 23.5 Å². The molecule has 2 atom stereocenters. The second kappa shape index (κ2) is 5.71. The fraction of sp³-hybridized carbons (Fsp3) is 0.600. The fourth-order valence-electron chi connectivity index (χ4n) is 1.80. The van der Waals surface area contributed by atoms with Gasteiger partial charge in [0.05, 0.1) is 30.2 Å². The first-order valence-electron chi connectivity index (χ1n) is 5.56. The molecule has 2 fully saturated rings. The molecular weight excluding hydrogens is 345 g/mol. The highest BCUT2D eigenvalue weighted by Gasteiger charge is 2.40. The molecule has 8 heteroatoms. The van der Waals surface area contributed by atoms with Crippen molar-refractivity contribution >= 4 is 70.6 Å². The highest BCUT2D eigenvalue weighted by molar-refractivity contribution is 8.42. The zero-order chi connectivity index (χ0) is 11.9. The molecule has 18 heavy (non-hydrogen) atoms. The Bertz CT molecular complexity index is 398. The van der Waals surface area contributed by atoms with Crippen LogP contribution in [0.2, 0.25) is 0 Å². The molecule has 4 heterocycles. The fourth-order valence-corrected chi connectivity index (χ4v) is 11.0. The van der Waals surface area contributed by atoms with E-state index in [2.05, 4.69) is 0 Å². The molecule has 0 spiro atoms. The molecule has 0 aromatic rings. The summed E-state index contributed by atoms with van der Waals surface area (Å²) in [6, 6.07) is 0. The van der Waals surface area contributed by atoms with E-state index in [-0.39, 0.29) is 10.9 Å². The Balaban J connectivity index is 1.54. The van der Waals surface area contributed by atoms with Crippen molar-refractivity contribution in [3.05, 3.63) is 16.9 Å². The van der Waals surface area contributed by atoms with Crippen molar-refractivity contribution in [1.29, 1.82) is 0 Å². The minimum atomic E-state index is 0.184. The maximum absolute atomic E-state index is 5.78. The van der Waals surface area contributed by atoms with Gasteiger partial charge >= 0.3 is 0 Å². The monoisotopic (exact) mass is 354 g/mol. The molecule has 2 nitrogen and oxygen atoms in total. The first-order chi connectivity index (χ1) is 8.90. The Hall–Kier alpha value is 1.50. The number of hydrogen-bond acceptors (Lipinski definition) is 8. The molecule has 0 aliphatic carbocycles. The van der Waals surface area contributed by atoms with Crippen LogP contribution in [0, 0.1) is 0 Å². The summed E-state index contributed by atoms with van der Waals surface area (Å²) >= 11 is 11.6. The van der Waals surface area contributed by atoms with E-state index in [9.17, 15) is 0 Å². The van der Waals surface area contributed by atoms with E-state index in [1.807, 2.05) is 70.6 Å². The summed E-state index contributed by atoms with van der Waals surface area (Å²) in [5.41, 5.74) is 0.368. The minimum Gasteiger partial charge on any atom is -0.361 e. The van der Waals surface area contributed by atoms with Crippen molar-refractivity contribution in [3.63, 3.8) is 0 Å². The zero-order valence-corrected chi connectivity index (χ0v) is 14.1. The van der Waals surface area contributed by atoms with Gasteiger partial charge in [0.2, 0.25) is 0 Å². The van der Waals surface area contributed by atoms with Crippen LogP contribution < -0.4 is 0 Å². The Morgan fingerprint density at radius 2 is 1.28 bits per heavy atom. The van der Waals surface area contributed by atoms with Crippen LogP contribution in [0.1, 0.15) is 0 Å². The van der Waals surface area contributed by atoms with Crippen molar-refractivity contribution < 1.29 is 9.47 Å². The first-order valence-corrected chi connectivity index (χ1v) is 10.9. The minimum absolute atomic E-state index is 0.184. The number of ether oxygens (including phenoxy) is 2. The molecule has 4 rings (SSSR count). The lowest BCUT2D eigenvalue weighted by Gasteiger charge is -2.33. The lowest BCUT2D eigenvalue weighted by molar-refractivity contribution is -0.0659. The molecule has 0 aromatic carbocycles. The molecule has 0 amide bonds. The molecule has 4 aliphatic rings. The number of rotatable bonds is 0. The Labute approximate surface area is 132 Å². The van der Waals surface area contributed by atoms with Crippen LogP contribution in [0.25, 0.3) is 0 Å². The maximum atomic E-state index is 5.78. The Kier molecular flexibility index (Phi) is 4.18. The summed E-state index contributed by atoms with van der Waals surface area (Å²) in [5.74, 6) is 2.51. The molecule has 4 aliphatic heterocycles. The third-order valence-corrected chi connectivity index (χ3v) is 11.7. The van der Waals surface area contributed by atoms with Crippen molar-refractivity contribution in [2.75, 3.05) is 24.7 Å². The normalized spacial score (nSPS) is 36.0. The van der Waals surface area contributed by atoms with Gasteiger partial charge in [-0.2, -0.15) is 0 Å². The molecule has 0 radical (unpaired) electrons. The summed E-state index contributed by atoms with van der Waals surface area (Å²) in [6.07, 6.45) is 0.